The smallest absolute Gasteiger partial charge is 0.228 e. The first kappa shape index (κ1) is 22.8. The van der Waals surface area contributed by atoms with Crippen molar-refractivity contribution >= 4 is 23.3 Å². The Balaban J connectivity index is 1.16. The Bertz CT molecular complexity index is 1160. The summed E-state index contributed by atoms with van der Waals surface area (Å²) in [7, 11) is 0. The zero-order valence-electron chi connectivity index (χ0n) is 19.8. The Kier molecular flexibility index (Phi) is 6.61. The lowest BCUT2D eigenvalue weighted by molar-refractivity contribution is -0.136. The zero-order chi connectivity index (χ0) is 24.2. The molecule has 2 fully saturated rings. The molecule has 180 valence electrons. The lowest BCUT2D eigenvalue weighted by Gasteiger charge is -2.36. The zero-order valence-corrected chi connectivity index (χ0v) is 19.8. The summed E-state index contributed by atoms with van der Waals surface area (Å²) in [4.78, 5) is 31.4. The number of ether oxygens (including phenoxy) is 1. The van der Waals surface area contributed by atoms with E-state index in [-0.39, 0.29) is 24.2 Å². The van der Waals surface area contributed by atoms with Crippen molar-refractivity contribution in [3.8, 4) is 17.0 Å². The first-order chi connectivity index (χ1) is 17.1. The fourth-order valence-corrected chi connectivity index (χ4v) is 4.68. The van der Waals surface area contributed by atoms with Gasteiger partial charge in [0.2, 0.25) is 11.8 Å². The lowest BCUT2D eigenvalue weighted by atomic mass is 10.1. The highest BCUT2D eigenvalue weighted by atomic mass is 16.5. The number of amides is 2. The second-order valence-electron chi connectivity index (χ2n) is 8.79. The third-order valence-electron chi connectivity index (χ3n) is 6.57. The highest BCUT2D eigenvalue weighted by molar-refractivity contribution is 6.00. The van der Waals surface area contributed by atoms with Gasteiger partial charge in [-0.05, 0) is 55.5 Å². The van der Waals surface area contributed by atoms with Crippen molar-refractivity contribution in [1.29, 1.82) is 0 Å². The quantitative estimate of drug-likeness (QED) is 0.549. The molecule has 1 aromatic heterocycles. The molecule has 3 heterocycles. The highest BCUT2D eigenvalue weighted by Gasteiger charge is 2.38. The Morgan fingerprint density at radius 2 is 1.69 bits per heavy atom. The Hall–Kier alpha value is -3.94. The molecule has 0 radical (unpaired) electrons. The van der Waals surface area contributed by atoms with Gasteiger partial charge in [-0.1, -0.05) is 18.2 Å². The minimum absolute atomic E-state index is 0.0103. The summed E-state index contributed by atoms with van der Waals surface area (Å²) in [5.74, 6) is 1.42. The molecule has 35 heavy (non-hydrogen) atoms. The molecule has 1 unspecified atom stereocenters. The van der Waals surface area contributed by atoms with E-state index in [9.17, 15) is 9.59 Å². The van der Waals surface area contributed by atoms with Crippen LogP contribution in [-0.2, 0) is 9.59 Å². The predicted molar refractivity (Wildman–Crippen MR) is 134 cm³/mol. The SMILES string of the molecule is CCOc1ccc(-c2ccc(N3CCN(C(=O)C4CC(=O)N(c5ccccc5)C4)CC3)nn2)cc1. The molecule has 3 aromatic rings. The normalized spacial score (nSPS) is 18.1. The summed E-state index contributed by atoms with van der Waals surface area (Å²) >= 11 is 0. The van der Waals surface area contributed by atoms with Crippen molar-refractivity contribution in [2.75, 3.05) is 49.1 Å². The van der Waals surface area contributed by atoms with Crippen LogP contribution in [0, 0.1) is 5.92 Å². The molecule has 2 saturated heterocycles. The molecule has 2 aromatic carbocycles. The summed E-state index contributed by atoms with van der Waals surface area (Å²) in [6, 6.07) is 21.3. The van der Waals surface area contributed by atoms with Crippen LogP contribution in [0.1, 0.15) is 13.3 Å². The molecule has 1 atom stereocenters. The number of para-hydroxylation sites is 1. The first-order valence-electron chi connectivity index (χ1n) is 12.1. The van der Waals surface area contributed by atoms with Crippen molar-refractivity contribution in [3.63, 3.8) is 0 Å². The van der Waals surface area contributed by atoms with Crippen molar-refractivity contribution in [1.82, 2.24) is 15.1 Å². The van der Waals surface area contributed by atoms with Crippen LogP contribution in [-0.4, -0.2) is 66.2 Å². The molecule has 2 amide bonds. The van der Waals surface area contributed by atoms with Crippen molar-refractivity contribution < 1.29 is 14.3 Å². The molecule has 2 aliphatic heterocycles. The third kappa shape index (κ3) is 4.96. The molecule has 0 aliphatic carbocycles. The van der Waals surface area contributed by atoms with Gasteiger partial charge in [0.15, 0.2) is 5.82 Å². The van der Waals surface area contributed by atoms with Gasteiger partial charge >= 0.3 is 0 Å². The van der Waals surface area contributed by atoms with Crippen LogP contribution < -0.4 is 14.5 Å². The van der Waals surface area contributed by atoms with Crippen molar-refractivity contribution in [2.45, 2.75) is 13.3 Å². The number of aromatic nitrogens is 2. The maximum atomic E-state index is 13.1. The van der Waals surface area contributed by atoms with E-state index in [1.807, 2.05) is 78.6 Å². The van der Waals surface area contributed by atoms with Gasteiger partial charge in [-0.25, -0.2) is 0 Å². The van der Waals surface area contributed by atoms with Crippen LogP contribution in [0.2, 0.25) is 0 Å². The molecular formula is C27H29N5O3. The number of hydrogen-bond acceptors (Lipinski definition) is 6. The summed E-state index contributed by atoms with van der Waals surface area (Å²) in [6.45, 7) is 5.63. The van der Waals surface area contributed by atoms with Crippen molar-refractivity contribution in [2.24, 2.45) is 5.92 Å². The number of nitrogens with zero attached hydrogens (tertiary/aromatic N) is 5. The van der Waals surface area contributed by atoms with Gasteiger partial charge in [0.05, 0.1) is 18.2 Å². The van der Waals surface area contributed by atoms with Gasteiger partial charge in [-0.2, -0.15) is 0 Å². The topological polar surface area (TPSA) is 78.9 Å². The number of anilines is 2. The maximum absolute atomic E-state index is 13.1. The van der Waals surface area contributed by atoms with E-state index >= 15 is 0 Å². The number of carbonyl (C=O) groups is 2. The average Bonchev–Trinajstić information content (AvgIpc) is 3.31. The van der Waals surface area contributed by atoms with E-state index in [0.29, 0.717) is 39.3 Å². The maximum Gasteiger partial charge on any atom is 0.228 e. The fourth-order valence-electron chi connectivity index (χ4n) is 4.68. The highest BCUT2D eigenvalue weighted by Crippen LogP contribution is 2.27. The summed E-state index contributed by atoms with van der Waals surface area (Å²) in [6.07, 6.45) is 0.270. The lowest BCUT2D eigenvalue weighted by Crippen LogP contribution is -2.51. The minimum Gasteiger partial charge on any atom is -0.494 e. The van der Waals surface area contributed by atoms with E-state index in [1.165, 1.54) is 0 Å². The molecule has 0 N–H and O–H groups in total. The van der Waals surface area contributed by atoms with E-state index in [4.69, 9.17) is 4.74 Å². The molecule has 2 aliphatic rings. The van der Waals surface area contributed by atoms with E-state index in [2.05, 4.69) is 15.1 Å². The summed E-state index contributed by atoms with van der Waals surface area (Å²) in [5.41, 5.74) is 2.64. The second kappa shape index (κ2) is 10.1. The molecule has 0 spiro atoms. The van der Waals surface area contributed by atoms with E-state index in [0.717, 1.165) is 28.5 Å². The minimum atomic E-state index is -0.289. The largest absolute Gasteiger partial charge is 0.494 e. The van der Waals surface area contributed by atoms with Crippen LogP contribution >= 0.6 is 0 Å². The van der Waals surface area contributed by atoms with E-state index < -0.39 is 0 Å². The van der Waals surface area contributed by atoms with Crippen LogP contribution in [0.25, 0.3) is 11.3 Å². The standard InChI is InChI=1S/C27H29N5O3/c1-2-35-23-10-8-20(9-11-23)24-12-13-25(29-28-24)30-14-16-31(17-15-30)27(34)21-18-26(33)32(19-21)22-6-4-3-5-7-22/h3-13,21H,2,14-19H2,1H3. The first-order valence-corrected chi connectivity index (χ1v) is 12.1. The molecule has 0 bridgehead atoms. The monoisotopic (exact) mass is 471 g/mol. The molecule has 0 saturated carbocycles. The molecule has 8 nitrogen and oxygen atoms in total. The van der Waals surface area contributed by atoms with Crippen LogP contribution in [0.5, 0.6) is 5.75 Å². The van der Waals surface area contributed by atoms with Gasteiger partial charge in [0.25, 0.3) is 0 Å². The fraction of sp³-hybridized carbons (Fsp3) is 0.333. The van der Waals surface area contributed by atoms with Gasteiger partial charge in [-0.15, -0.1) is 10.2 Å². The average molecular weight is 472 g/mol. The van der Waals surface area contributed by atoms with Crippen LogP contribution in [0.4, 0.5) is 11.5 Å². The van der Waals surface area contributed by atoms with E-state index in [1.54, 1.807) is 4.90 Å². The van der Waals surface area contributed by atoms with Gasteiger partial charge in [-0.3, -0.25) is 9.59 Å². The summed E-state index contributed by atoms with van der Waals surface area (Å²) < 4.78 is 5.49. The van der Waals surface area contributed by atoms with Gasteiger partial charge < -0.3 is 19.4 Å². The van der Waals surface area contributed by atoms with Gasteiger partial charge in [0, 0.05) is 50.4 Å². The molecular weight excluding hydrogens is 442 g/mol. The van der Waals surface area contributed by atoms with Crippen molar-refractivity contribution in [3.05, 3.63) is 66.7 Å². The Morgan fingerprint density at radius 3 is 2.34 bits per heavy atom. The van der Waals surface area contributed by atoms with Crippen LogP contribution in [0.3, 0.4) is 0 Å². The number of benzene rings is 2. The Morgan fingerprint density at radius 1 is 0.943 bits per heavy atom. The molecule has 8 heteroatoms. The molecule has 5 rings (SSSR count). The number of piperazine rings is 1. The third-order valence-corrected chi connectivity index (χ3v) is 6.57. The predicted octanol–water partition coefficient (Wildman–Crippen LogP) is 3.24. The Labute approximate surface area is 205 Å². The van der Waals surface area contributed by atoms with Crippen LogP contribution in [0.15, 0.2) is 66.7 Å². The van der Waals surface area contributed by atoms with Gasteiger partial charge in [0.1, 0.15) is 5.75 Å². The second-order valence-corrected chi connectivity index (χ2v) is 8.79. The summed E-state index contributed by atoms with van der Waals surface area (Å²) in [5, 5.41) is 8.83. The number of hydrogen-bond donors (Lipinski definition) is 0. The number of carbonyl (C=O) groups excluding carboxylic acids is 2. The number of rotatable bonds is 6.